The van der Waals surface area contributed by atoms with Gasteiger partial charge >= 0.3 is 6.18 Å². The third kappa shape index (κ3) is 2.28. The largest absolute Gasteiger partial charge is 0.416 e. The number of nitrogens with one attached hydrogen (secondary N) is 1. The fourth-order valence-electron chi connectivity index (χ4n) is 2.05. The molecule has 0 aliphatic carbocycles. The number of alkyl halides is 3. The minimum atomic E-state index is -4.40. The van der Waals surface area contributed by atoms with Crippen LogP contribution in [0, 0.1) is 0 Å². The molecule has 0 amide bonds. The van der Waals surface area contributed by atoms with Crippen molar-refractivity contribution in [3.63, 3.8) is 0 Å². The average molecular weight is 293 g/mol. The lowest BCUT2D eigenvalue weighted by atomic mass is 10.2. The van der Waals surface area contributed by atoms with Crippen molar-refractivity contribution < 1.29 is 13.2 Å². The fraction of sp³-hybridized carbons (Fsp3) is 0.154. The SMILES string of the molecule is CNc1ncnc2c1cnn2-c1cccc(C(F)(F)F)c1. The maximum atomic E-state index is 12.8. The number of benzene rings is 1. The summed E-state index contributed by atoms with van der Waals surface area (Å²) in [6, 6.07) is 4.94. The minimum absolute atomic E-state index is 0.292. The first-order chi connectivity index (χ1) is 10.0. The van der Waals surface area contributed by atoms with E-state index in [9.17, 15) is 13.2 Å². The second-order valence-electron chi connectivity index (χ2n) is 4.31. The highest BCUT2D eigenvalue weighted by Crippen LogP contribution is 2.31. The van der Waals surface area contributed by atoms with Crippen molar-refractivity contribution in [1.29, 1.82) is 0 Å². The van der Waals surface area contributed by atoms with Gasteiger partial charge in [0.15, 0.2) is 5.65 Å². The molecule has 0 saturated carbocycles. The van der Waals surface area contributed by atoms with Gasteiger partial charge in [-0.25, -0.2) is 14.6 Å². The van der Waals surface area contributed by atoms with E-state index in [1.807, 2.05) is 0 Å². The molecular weight excluding hydrogens is 283 g/mol. The first kappa shape index (κ1) is 13.3. The summed E-state index contributed by atoms with van der Waals surface area (Å²) in [5.41, 5.74) is 0.000740. The Kier molecular flexibility index (Phi) is 3.00. The smallest absolute Gasteiger partial charge is 0.372 e. The van der Waals surface area contributed by atoms with Gasteiger partial charge in [0.2, 0.25) is 0 Å². The van der Waals surface area contributed by atoms with Gasteiger partial charge in [-0.2, -0.15) is 18.3 Å². The number of aromatic nitrogens is 4. The van der Waals surface area contributed by atoms with Crippen LogP contribution >= 0.6 is 0 Å². The molecule has 1 N–H and O–H groups in total. The number of anilines is 1. The van der Waals surface area contributed by atoms with E-state index >= 15 is 0 Å². The van der Waals surface area contributed by atoms with E-state index in [1.54, 1.807) is 13.1 Å². The lowest BCUT2D eigenvalue weighted by Gasteiger charge is -2.09. The Labute approximate surface area is 117 Å². The second-order valence-corrected chi connectivity index (χ2v) is 4.31. The molecule has 0 aliphatic rings. The van der Waals surface area contributed by atoms with E-state index in [2.05, 4.69) is 20.4 Å². The van der Waals surface area contributed by atoms with E-state index in [-0.39, 0.29) is 0 Å². The molecule has 0 saturated heterocycles. The maximum absolute atomic E-state index is 12.8. The third-order valence-corrected chi connectivity index (χ3v) is 3.02. The number of halogens is 3. The molecule has 21 heavy (non-hydrogen) atoms. The fourth-order valence-corrected chi connectivity index (χ4v) is 2.05. The monoisotopic (exact) mass is 293 g/mol. The number of rotatable bonds is 2. The van der Waals surface area contributed by atoms with Crippen molar-refractivity contribution in [2.45, 2.75) is 6.18 Å². The van der Waals surface area contributed by atoms with E-state index in [1.165, 1.54) is 23.3 Å². The van der Waals surface area contributed by atoms with Gasteiger partial charge in [0.25, 0.3) is 0 Å². The molecule has 3 rings (SSSR count). The Morgan fingerprint density at radius 1 is 1.19 bits per heavy atom. The highest BCUT2D eigenvalue weighted by atomic mass is 19.4. The molecule has 0 spiro atoms. The molecule has 2 aromatic heterocycles. The van der Waals surface area contributed by atoms with Crippen LogP contribution in [0.25, 0.3) is 16.7 Å². The zero-order chi connectivity index (χ0) is 15.0. The summed E-state index contributed by atoms with van der Waals surface area (Å²) in [7, 11) is 1.70. The summed E-state index contributed by atoms with van der Waals surface area (Å²) < 4.78 is 39.7. The van der Waals surface area contributed by atoms with Crippen molar-refractivity contribution in [2.24, 2.45) is 0 Å². The molecular formula is C13H10F3N5. The molecule has 0 atom stereocenters. The minimum Gasteiger partial charge on any atom is -0.372 e. The van der Waals surface area contributed by atoms with Crippen LogP contribution in [0.1, 0.15) is 5.56 Å². The molecule has 0 fully saturated rings. The van der Waals surface area contributed by atoms with Gasteiger partial charge in [0.05, 0.1) is 22.8 Å². The lowest BCUT2D eigenvalue weighted by molar-refractivity contribution is -0.137. The highest BCUT2D eigenvalue weighted by molar-refractivity contribution is 5.86. The number of hydrogen-bond acceptors (Lipinski definition) is 4. The lowest BCUT2D eigenvalue weighted by Crippen LogP contribution is -2.06. The molecule has 108 valence electrons. The Balaban J connectivity index is 2.18. The van der Waals surface area contributed by atoms with Crippen LogP contribution in [-0.2, 0) is 6.18 Å². The summed E-state index contributed by atoms with van der Waals surface area (Å²) in [6.45, 7) is 0. The Bertz CT molecular complexity index is 794. The highest BCUT2D eigenvalue weighted by Gasteiger charge is 2.30. The van der Waals surface area contributed by atoms with Crippen LogP contribution in [0.4, 0.5) is 19.0 Å². The topological polar surface area (TPSA) is 55.6 Å². The van der Waals surface area contributed by atoms with Crippen LogP contribution in [-0.4, -0.2) is 26.8 Å². The second kappa shape index (κ2) is 4.72. The summed E-state index contributed by atoms with van der Waals surface area (Å²) in [5, 5.41) is 7.63. The van der Waals surface area contributed by atoms with Crippen molar-refractivity contribution >= 4 is 16.9 Å². The first-order valence-corrected chi connectivity index (χ1v) is 6.05. The van der Waals surface area contributed by atoms with Crippen molar-refractivity contribution in [3.05, 3.63) is 42.4 Å². The van der Waals surface area contributed by atoms with Crippen LogP contribution in [0.3, 0.4) is 0 Å². The molecule has 0 unspecified atom stereocenters. The summed E-state index contributed by atoms with van der Waals surface area (Å²) in [6.07, 6.45) is -1.55. The normalized spacial score (nSPS) is 11.8. The molecule has 8 heteroatoms. The molecule has 0 radical (unpaired) electrons. The predicted octanol–water partition coefficient (Wildman–Crippen LogP) is 2.88. The van der Waals surface area contributed by atoms with Crippen molar-refractivity contribution in [1.82, 2.24) is 19.7 Å². The van der Waals surface area contributed by atoms with E-state index < -0.39 is 11.7 Å². The zero-order valence-corrected chi connectivity index (χ0v) is 10.9. The standard InChI is InChI=1S/C13H10F3N5/c1-17-11-10-6-20-21(12(10)19-7-18-11)9-4-2-3-8(5-9)13(14,15)16/h2-7H,1H3,(H,17,18,19). The summed E-state index contributed by atoms with van der Waals surface area (Å²) in [5.74, 6) is 0.568. The number of fused-ring (bicyclic) bond motifs is 1. The van der Waals surface area contributed by atoms with Gasteiger partial charge in [-0.05, 0) is 18.2 Å². The average Bonchev–Trinajstić information content (AvgIpc) is 2.90. The van der Waals surface area contributed by atoms with Gasteiger partial charge in [0, 0.05) is 7.05 Å². The van der Waals surface area contributed by atoms with Gasteiger partial charge in [-0.1, -0.05) is 6.07 Å². The quantitative estimate of drug-likeness (QED) is 0.789. The third-order valence-electron chi connectivity index (χ3n) is 3.02. The Morgan fingerprint density at radius 2 is 2.00 bits per heavy atom. The molecule has 0 aliphatic heterocycles. The first-order valence-electron chi connectivity index (χ1n) is 6.05. The van der Waals surface area contributed by atoms with Gasteiger partial charge in [0.1, 0.15) is 12.1 Å². The number of hydrogen-bond donors (Lipinski definition) is 1. The summed E-state index contributed by atoms with van der Waals surface area (Å²) in [4.78, 5) is 8.12. The van der Waals surface area contributed by atoms with Gasteiger partial charge in [-0.15, -0.1) is 0 Å². The maximum Gasteiger partial charge on any atom is 0.416 e. The van der Waals surface area contributed by atoms with Gasteiger partial charge in [-0.3, -0.25) is 0 Å². The Hall–Kier alpha value is -2.64. The molecule has 5 nitrogen and oxygen atoms in total. The van der Waals surface area contributed by atoms with Crippen LogP contribution in [0.15, 0.2) is 36.8 Å². The molecule has 1 aromatic carbocycles. The van der Waals surface area contributed by atoms with Gasteiger partial charge < -0.3 is 5.32 Å². The van der Waals surface area contributed by atoms with Crippen LogP contribution in [0.5, 0.6) is 0 Å². The van der Waals surface area contributed by atoms with E-state index in [0.717, 1.165) is 12.1 Å². The van der Waals surface area contributed by atoms with Crippen molar-refractivity contribution in [2.75, 3.05) is 12.4 Å². The van der Waals surface area contributed by atoms with E-state index in [0.29, 0.717) is 22.5 Å². The molecule has 2 heterocycles. The molecule has 0 bridgehead atoms. The predicted molar refractivity (Wildman–Crippen MR) is 71.2 cm³/mol. The van der Waals surface area contributed by atoms with Crippen LogP contribution in [0.2, 0.25) is 0 Å². The van der Waals surface area contributed by atoms with Crippen molar-refractivity contribution in [3.8, 4) is 5.69 Å². The number of nitrogens with zero attached hydrogens (tertiary/aromatic N) is 4. The summed E-state index contributed by atoms with van der Waals surface area (Å²) >= 11 is 0. The molecule has 3 aromatic rings. The zero-order valence-electron chi connectivity index (χ0n) is 10.9. The van der Waals surface area contributed by atoms with Crippen LogP contribution < -0.4 is 5.32 Å². The Morgan fingerprint density at radius 3 is 2.71 bits per heavy atom. The van der Waals surface area contributed by atoms with E-state index in [4.69, 9.17) is 0 Å².